The van der Waals surface area contributed by atoms with Crippen molar-refractivity contribution < 1.29 is 13.9 Å². The van der Waals surface area contributed by atoms with Crippen LogP contribution in [0.25, 0.3) is 27.8 Å². The van der Waals surface area contributed by atoms with E-state index in [2.05, 4.69) is 25.4 Å². The topological polar surface area (TPSA) is 169 Å². The van der Waals surface area contributed by atoms with Crippen molar-refractivity contribution >= 4 is 34.3 Å². The second-order valence-electron chi connectivity index (χ2n) is 11.3. The Morgan fingerprint density at radius 3 is 2.68 bits per heavy atom. The van der Waals surface area contributed by atoms with Gasteiger partial charge in [-0.15, -0.1) is 0 Å². The molecule has 5 N–H and O–H groups in total. The van der Waals surface area contributed by atoms with Gasteiger partial charge in [-0.3, -0.25) is 18.8 Å². The molecular weight excluding hydrogens is 565 g/mol. The molecule has 3 heterocycles. The number of nitrogens with two attached hydrogens (primary N) is 2. The van der Waals surface area contributed by atoms with Crippen LogP contribution in [0.15, 0.2) is 59.8 Å². The number of rotatable bonds is 9. The summed E-state index contributed by atoms with van der Waals surface area (Å²) in [6, 6.07) is 9.27. The Kier molecular flexibility index (Phi) is 7.55. The molecule has 226 valence electrons. The van der Waals surface area contributed by atoms with Crippen LogP contribution in [-0.2, 0) is 23.2 Å². The summed E-state index contributed by atoms with van der Waals surface area (Å²) in [4.78, 5) is 39.7. The molecule has 1 aliphatic rings. The lowest BCUT2D eigenvalue weighted by molar-refractivity contribution is -0.147. The zero-order valence-electron chi connectivity index (χ0n) is 24.5. The van der Waals surface area contributed by atoms with Crippen LogP contribution in [0.4, 0.5) is 22.0 Å². The molecule has 1 aliphatic carbocycles. The van der Waals surface area contributed by atoms with E-state index in [4.69, 9.17) is 16.2 Å². The maximum absolute atomic E-state index is 15.4. The first kappa shape index (κ1) is 28.9. The number of pyridine rings is 1. The van der Waals surface area contributed by atoms with Crippen molar-refractivity contribution in [3.8, 4) is 17.1 Å². The summed E-state index contributed by atoms with van der Waals surface area (Å²) >= 11 is 0. The van der Waals surface area contributed by atoms with E-state index in [1.807, 2.05) is 19.9 Å². The first-order valence-corrected chi connectivity index (χ1v) is 14.3. The molecule has 13 heteroatoms. The van der Waals surface area contributed by atoms with E-state index in [9.17, 15) is 9.59 Å². The predicted octanol–water partition coefficient (Wildman–Crippen LogP) is 3.95. The molecule has 0 radical (unpaired) electrons. The molecule has 1 unspecified atom stereocenters. The van der Waals surface area contributed by atoms with Gasteiger partial charge < -0.3 is 21.5 Å². The Balaban J connectivity index is 1.48. The minimum atomic E-state index is -0.855. The minimum Gasteiger partial charge on any atom is -0.460 e. The molecule has 0 amide bonds. The molecule has 6 rings (SSSR count). The highest BCUT2D eigenvalue weighted by molar-refractivity contribution is 5.84. The summed E-state index contributed by atoms with van der Waals surface area (Å²) in [6.07, 6.45) is 6.95. The van der Waals surface area contributed by atoms with Crippen LogP contribution in [-0.4, -0.2) is 41.3 Å². The van der Waals surface area contributed by atoms with Gasteiger partial charge in [0.05, 0.1) is 23.0 Å². The number of aromatic nitrogens is 6. The molecule has 0 aliphatic heterocycles. The third-order valence-electron chi connectivity index (χ3n) is 7.64. The summed E-state index contributed by atoms with van der Waals surface area (Å²) < 4.78 is 24.0. The third kappa shape index (κ3) is 5.73. The number of carbonyl (C=O) groups excluding carboxylic acids is 1. The molecule has 3 aromatic heterocycles. The van der Waals surface area contributed by atoms with E-state index < -0.39 is 23.4 Å². The second kappa shape index (κ2) is 11.5. The minimum absolute atomic E-state index is 0.0283. The lowest BCUT2D eigenvalue weighted by Crippen LogP contribution is -2.37. The first-order valence-electron chi connectivity index (χ1n) is 14.3. The first-order chi connectivity index (χ1) is 21.1. The number of fused-ring (bicyclic) bond motifs is 1. The number of nitrogen functional groups attached to an aromatic ring is 1. The molecule has 1 saturated carbocycles. The van der Waals surface area contributed by atoms with Crippen molar-refractivity contribution in [3.63, 3.8) is 0 Å². The zero-order chi connectivity index (χ0) is 31.1. The van der Waals surface area contributed by atoms with Gasteiger partial charge in [-0.1, -0.05) is 32.0 Å². The predicted molar refractivity (Wildman–Crippen MR) is 164 cm³/mol. The van der Waals surface area contributed by atoms with Crippen molar-refractivity contribution in [2.45, 2.75) is 45.3 Å². The van der Waals surface area contributed by atoms with Crippen LogP contribution >= 0.6 is 0 Å². The van der Waals surface area contributed by atoms with Gasteiger partial charge in [0.2, 0.25) is 11.9 Å². The molecule has 0 spiro atoms. The second-order valence-corrected chi connectivity index (χ2v) is 11.3. The van der Waals surface area contributed by atoms with Crippen LogP contribution in [0.2, 0.25) is 0 Å². The van der Waals surface area contributed by atoms with Crippen molar-refractivity contribution in [2.75, 3.05) is 11.1 Å². The molecule has 0 bridgehead atoms. The number of carbonyl (C=O) groups is 1. The number of halogens is 1. The molecule has 2 aromatic carbocycles. The van der Waals surface area contributed by atoms with Crippen molar-refractivity contribution in [1.29, 1.82) is 0 Å². The number of anilines is 3. The lowest BCUT2D eigenvalue weighted by Gasteiger charge is -2.19. The van der Waals surface area contributed by atoms with Crippen LogP contribution in [0.1, 0.15) is 43.7 Å². The highest BCUT2D eigenvalue weighted by atomic mass is 19.1. The Labute approximate surface area is 251 Å². The molecule has 44 heavy (non-hydrogen) atoms. The molecule has 0 saturated heterocycles. The average molecular weight is 598 g/mol. The fraction of sp³-hybridized carbons (Fsp3) is 0.290. The van der Waals surface area contributed by atoms with Crippen molar-refractivity contribution in [2.24, 2.45) is 18.7 Å². The fourth-order valence-corrected chi connectivity index (χ4v) is 5.05. The maximum Gasteiger partial charge on any atom is 0.323 e. The zero-order valence-corrected chi connectivity index (χ0v) is 24.5. The SMILES string of the molecule is CC(C)C(N)C(=O)OCc1c(-c2nc(N)nc(Nc3cnn(C)c3)n2)cccc1-n1ccc2cc(C3CC3)cc(F)c2c1=O. The van der Waals surface area contributed by atoms with Crippen LogP contribution in [0.5, 0.6) is 0 Å². The summed E-state index contributed by atoms with van der Waals surface area (Å²) in [5, 5.41) is 7.67. The summed E-state index contributed by atoms with van der Waals surface area (Å²) in [7, 11) is 1.77. The van der Waals surface area contributed by atoms with Gasteiger partial charge in [0.25, 0.3) is 5.56 Å². The monoisotopic (exact) mass is 597 g/mol. The average Bonchev–Trinajstić information content (AvgIpc) is 3.76. The number of ether oxygens (including phenoxy) is 1. The van der Waals surface area contributed by atoms with Crippen LogP contribution in [0.3, 0.4) is 0 Å². The number of benzene rings is 2. The quantitative estimate of drug-likeness (QED) is 0.212. The van der Waals surface area contributed by atoms with Gasteiger partial charge >= 0.3 is 5.97 Å². The summed E-state index contributed by atoms with van der Waals surface area (Å²) in [5.74, 6) is -0.754. The largest absolute Gasteiger partial charge is 0.460 e. The number of hydrogen-bond acceptors (Lipinski definition) is 10. The van der Waals surface area contributed by atoms with E-state index >= 15 is 4.39 Å². The Hall–Kier alpha value is -5.17. The normalized spacial score (nSPS) is 13.8. The highest BCUT2D eigenvalue weighted by Gasteiger charge is 2.26. The number of nitrogens with one attached hydrogen (secondary N) is 1. The third-order valence-corrected chi connectivity index (χ3v) is 7.64. The van der Waals surface area contributed by atoms with Crippen LogP contribution < -0.4 is 22.3 Å². The van der Waals surface area contributed by atoms with Crippen LogP contribution in [0, 0.1) is 11.7 Å². The molecule has 1 fully saturated rings. The van der Waals surface area contributed by atoms with E-state index in [0.29, 0.717) is 33.8 Å². The standard InChI is InChI=1S/C31H32FN9O3/c1-16(2)26(33)29(43)44-15-22-21(27-37-30(34)39-31(38-27)36-20-13-35-40(3)14-20)5-4-6-24(22)41-10-9-18-11-19(17-7-8-17)12-23(32)25(18)28(41)42/h4-6,9-14,16-17,26H,7-8,15,33H2,1-3H3,(H3,34,36,37,38,39). The highest BCUT2D eigenvalue weighted by Crippen LogP contribution is 2.41. The molecule has 12 nitrogen and oxygen atoms in total. The number of aryl methyl sites for hydroxylation is 1. The Morgan fingerprint density at radius 1 is 1.18 bits per heavy atom. The van der Waals surface area contributed by atoms with E-state index in [1.54, 1.807) is 54.6 Å². The maximum atomic E-state index is 15.4. The van der Waals surface area contributed by atoms with Crippen molar-refractivity contribution in [3.05, 3.63) is 82.3 Å². The van der Waals surface area contributed by atoms with E-state index in [-0.39, 0.29) is 35.6 Å². The van der Waals surface area contributed by atoms with Crippen molar-refractivity contribution in [1.82, 2.24) is 29.3 Å². The van der Waals surface area contributed by atoms with Gasteiger partial charge in [-0.05, 0) is 53.8 Å². The lowest BCUT2D eigenvalue weighted by atomic mass is 10.0. The van der Waals surface area contributed by atoms with Gasteiger partial charge in [-0.25, -0.2) is 4.39 Å². The Morgan fingerprint density at radius 2 is 1.98 bits per heavy atom. The number of hydrogen-bond donors (Lipinski definition) is 3. The van der Waals surface area contributed by atoms with Gasteiger partial charge in [0.15, 0.2) is 5.82 Å². The van der Waals surface area contributed by atoms with Gasteiger partial charge in [0.1, 0.15) is 18.5 Å². The summed E-state index contributed by atoms with van der Waals surface area (Å²) in [6.45, 7) is 3.36. The Bertz CT molecular complexity index is 1950. The van der Waals surface area contributed by atoms with Gasteiger partial charge in [-0.2, -0.15) is 20.1 Å². The fourth-order valence-electron chi connectivity index (χ4n) is 5.05. The number of esters is 1. The molecular formula is C31H32FN9O3. The van der Waals surface area contributed by atoms with E-state index in [1.165, 1.54) is 10.6 Å². The molecule has 5 aromatic rings. The van der Waals surface area contributed by atoms with Gasteiger partial charge in [0, 0.05) is 30.6 Å². The van der Waals surface area contributed by atoms with E-state index in [0.717, 1.165) is 18.4 Å². The smallest absolute Gasteiger partial charge is 0.323 e. The number of nitrogens with zero attached hydrogens (tertiary/aromatic N) is 6. The summed E-state index contributed by atoms with van der Waals surface area (Å²) in [5.41, 5.74) is 14.3. The molecule has 1 atom stereocenters.